The molecule has 1 rings (SSSR count). The Balaban J connectivity index is 2.64. The number of benzene rings is 1. The van der Waals surface area contributed by atoms with Crippen LogP contribution in [0.2, 0.25) is 0 Å². The number of rotatable bonds is 5. The predicted octanol–water partition coefficient (Wildman–Crippen LogP) is 2.27. The van der Waals surface area contributed by atoms with E-state index in [1.54, 1.807) is 0 Å². The van der Waals surface area contributed by atoms with E-state index in [4.69, 9.17) is 4.74 Å². The van der Waals surface area contributed by atoms with E-state index in [0.717, 1.165) is 18.0 Å². The van der Waals surface area contributed by atoms with Crippen LogP contribution in [0.15, 0.2) is 24.3 Å². The Hall–Kier alpha value is -1.22. The van der Waals surface area contributed by atoms with Gasteiger partial charge in [0, 0.05) is 7.05 Å². The first-order valence-corrected chi connectivity index (χ1v) is 4.88. The molecule has 0 fully saturated rings. The average Bonchev–Trinajstić information content (AvgIpc) is 2.17. The zero-order chi connectivity index (χ0) is 10.4. The number of hydrogen-bond acceptors (Lipinski definition) is 3. The lowest BCUT2D eigenvalue weighted by Gasteiger charge is -2.13. The van der Waals surface area contributed by atoms with Gasteiger partial charge in [0.05, 0.1) is 12.3 Å². The van der Waals surface area contributed by atoms with Gasteiger partial charge in [0.15, 0.2) is 0 Å². The summed E-state index contributed by atoms with van der Waals surface area (Å²) in [5.74, 6) is 1.42. The fourth-order valence-electron chi connectivity index (χ4n) is 1.09. The fraction of sp³-hybridized carbons (Fsp3) is 0.455. The van der Waals surface area contributed by atoms with Crippen molar-refractivity contribution >= 4 is 5.69 Å². The Labute approximate surface area is 85.4 Å². The van der Waals surface area contributed by atoms with Gasteiger partial charge in [-0.2, -0.15) is 0 Å². The Morgan fingerprint density at radius 1 is 1.29 bits per heavy atom. The first-order chi connectivity index (χ1) is 6.74. The highest BCUT2D eigenvalue weighted by Gasteiger charge is 2.02. The molecule has 0 aliphatic heterocycles. The maximum Gasteiger partial charge on any atom is 0.143 e. The van der Waals surface area contributed by atoms with Crippen LogP contribution in [0.3, 0.4) is 0 Å². The lowest BCUT2D eigenvalue weighted by Crippen LogP contribution is -2.16. The van der Waals surface area contributed by atoms with E-state index >= 15 is 0 Å². The van der Waals surface area contributed by atoms with Gasteiger partial charge < -0.3 is 10.2 Å². The molecule has 0 spiro atoms. The van der Waals surface area contributed by atoms with Crippen LogP contribution in [-0.4, -0.2) is 13.7 Å². The molecule has 0 aliphatic carbocycles. The summed E-state index contributed by atoms with van der Waals surface area (Å²) >= 11 is 0. The summed E-state index contributed by atoms with van der Waals surface area (Å²) in [7, 11) is 1.83. The first-order valence-electron chi connectivity index (χ1n) is 4.88. The molecule has 0 atom stereocenters. The number of anilines is 1. The first kappa shape index (κ1) is 10.9. The third kappa shape index (κ3) is 3.26. The van der Waals surface area contributed by atoms with E-state index in [1.165, 1.54) is 0 Å². The van der Waals surface area contributed by atoms with Crippen molar-refractivity contribution in [2.24, 2.45) is 5.92 Å². The topological polar surface area (TPSA) is 33.3 Å². The molecular weight excluding hydrogens is 176 g/mol. The van der Waals surface area contributed by atoms with Crippen molar-refractivity contribution in [3.8, 4) is 5.75 Å². The number of nitrogens with one attached hydrogen (secondary N) is 2. The van der Waals surface area contributed by atoms with Gasteiger partial charge in [-0.3, -0.25) is 0 Å². The lowest BCUT2D eigenvalue weighted by molar-refractivity contribution is 0.272. The van der Waals surface area contributed by atoms with E-state index < -0.39 is 0 Å². The molecule has 0 amide bonds. The molecule has 3 nitrogen and oxygen atoms in total. The maximum atomic E-state index is 5.65. The predicted molar refractivity (Wildman–Crippen MR) is 59.5 cm³/mol. The lowest BCUT2D eigenvalue weighted by atomic mass is 10.2. The standard InChI is InChI=1S/C11H18N2O/c1-9(2)8-14-11-7-5-4-6-10(11)13-12-3/h4-7,9,12-13H,8H2,1-3H3. The zero-order valence-electron chi connectivity index (χ0n) is 9.00. The highest BCUT2D eigenvalue weighted by molar-refractivity contribution is 5.55. The number of ether oxygens (including phenoxy) is 1. The van der Waals surface area contributed by atoms with Gasteiger partial charge in [0.1, 0.15) is 5.75 Å². The highest BCUT2D eigenvalue weighted by Crippen LogP contribution is 2.23. The van der Waals surface area contributed by atoms with Gasteiger partial charge in [-0.15, -0.1) is 0 Å². The summed E-state index contributed by atoms with van der Waals surface area (Å²) in [6, 6.07) is 7.88. The van der Waals surface area contributed by atoms with Crippen LogP contribution in [-0.2, 0) is 0 Å². The van der Waals surface area contributed by atoms with Crippen LogP contribution in [0.1, 0.15) is 13.8 Å². The third-order valence-electron chi connectivity index (χ3n) is 1.72. The van der Waals surface area contributed by atoms with Crippen LogP contribution < -0.4 is 15.6 Å². The Morgan fingerprint density at radius 3 is 2.64 bits per heavy atom. The quantitative estimate of drug-likeness (QED) is 0.705. The number of hydrazine groups is 1. The largest absolute Gasteiger partial charge is 0.491 e. The second-order valence-electron chi connectivity index (χ2n) is 3.58. The molecule has 3 heteroatoms. The van der Waals surface area contributed by atoms with Crippen molar-refractivity contribution in [3.05, 3.63) is 24.3 Å². The van der Waals surface area contributed by atoms with Crippen molar-refractivity contribution < 1.29 is 4.74 Å². The molecule has 2 N–H and O–H groups in total. The molecular formula is C11H18N2O. The van der Waals surface area contributed by atoms with Crippen molar-refractivity contribution in [1.29, 1.82) is 0 Å². The molecule has 1 aromatic carbocycles. The zero-order valence-corrected chi connectivity index (χ0v) is 9.00. The van der Waals surface area contributed by atoms with E-state index in [0.29, 0.717) is 5.92 Å². The second kappa shape index (κ2) is 5.50. The van der Waals surface area contributed by atoms with E-state index in [9.17, 15) is 0 Å². The van der Waals surface area contributed by atoms with Crippen molar-refractivity contribution in [2.45, 2.75) is 13.8 Å². The number of hydrogen-bond donors (Lipinski definition) is 2. The van der Waals surface area contributed by atoms with E-state index in [1.807, 2.05) is 31.3 Å². The monoisotopic (exact) mass is 194 g/mol. The normalized spacial score (nSPS) is 10.3. The van der Waals surface area contributed by atoms with Gasteiger partial charge in [-0.1, -0.05) is 26.0 Å². The summed E-state index contributed by atoms with van der Waals surface area (Å²) in [5, 5.41) is 0. The van der Waals surface area contributed by atoms with Crippen LogP contribution in [0.4, 0.5) is 5.69 Å². The van der Waals surface area contributed by atoms with Crippen LogP contribution >= 0.6 is 0 Å². The van der Waals surface area contributed by atoms with E-state index in [-0.39, 0.29) is 0 Å². The Kier molecular flexibility index (Phi) is 4.26. The molecule has 0 saturated carbocycles. The van der Waals surface area contributed by atoms with Crippen LogP contribution in [0.5, 0.6) is 5.75 Å². The van der Waals surface area contributed by atoms with Crippen molar-refractivity contribution in [3.63, 3.8) is 0 Å². The molecule has 14 heavy (non-hydrogen) atoms. The van der Waals surface area contributed by atoms with Crippen LogP contribution in [0.25, 0.3) is 0 Å². The molecule has 0 aromatic heterocycles. The average molecular weight is 194 g/mol. The second-order valence-corrected chi connectivity index (χ2v) is 3.58. The molecule has 0 unspecified atom stereocenters. The molecule has 0 bridgehead atoms. The van der Waals surface area contributed by atoms with Gasteiger partial charge in [0.25, 0.3) is 0 Å². The molecule has 1 aromatic rings. The minimum Gasteiger partial charge on any atom is -0.491 e. The smallest absolute Gasteiger partial charge is 0.143 e. The minimum absolute atomic E-state index is 0.539. The highest BCUT2D eigenvalue weighted by atomic mass is 16.5. The molecule has 0 radical (unpaired) electrons. The minimum atomic E-state index is 0.539. The van der Waals surface area contributed by atoms with Crippen LogP contribution in [0, 0.1) is 5.92 Å². The molecule has 0 heterocycles. The Bertz CT molecular complexity index is 274. The molecule has 0 saturated heterocycles. The fourth-order valence-corrected chi connectivity index (χ4v) is 1.09. The summed E-state index contributed by atoms with van der Waals surface area (Å²) in [5.41, 5.74) is 6.88. The van der Waals surface area contributed by atoms with Gasteiger partial charge in [-0.05, 0) is 18.1 Å². The van der Waals surface area contributed by atoms with Gasteiger partial charge >= 0.3 is 0 Å². The van der Waals surface area contributed by atoms with E-state index in [2.05, 4.69) is 24.7 Å². The molecule has 78 valence electrons. The summed E-state index contributed by atoms with van der Waals surface area (Å²) in [6.07, 6.45) is 0. The Morgan fingerprint density at radius 2 is 2.00 bits per heavy atom. The summed E-state index contributed by atoms with van der Waals surface area (Å²) in [6.45, 7) is 5.00. The molecule has 0 aliphatic rings. The third-order valence-corrected chi connectivity index (χ3v) is 1.72. The maximum absolute atomic E-state index is 5.65. The van der Waals surface area contributed by atoms with Crippen molar-refractivity contribution in [2.75, 3.05) is 19.1 Å². The van der Waals surface area contributed by atoms with Crippen molar-refractivity contribution in [1.82, 2.24) is 5.43 Å². The number of para-hydroxylation sites is 2. The summed E-state index contributed by atoms with van der Waals surface area (Å²) < 4.78 is 5.65. The van der Waals surface area contributed by atoms with Gasteiger partial charge in [-0.25, -0.2) is 5.43 Å². The van der Waals surface area contributed by atoms with Gasteiger partial charge in [0.2, 0.25) is 0 Å². The summed E-state index contributed by atoms with van der Waals surface area (Å²) in [4.78, 5) is 0. The SMILES string of the molecule is CNNc1ccccc1OCC(C)C.